The standard InChI is InChI=1S/C28H33N3O2/c1-16(2)33-28-30-26(29-27(31-28)22-8-3-4-9-23(22)32)21-15-13-19-11-10-17-6-5-7-18-12-14-20(21)25(19)24(17)18/h3,5-6,8,10-12,14-20,22-25,32H,4,7,9,13H2,1-2H3. The second-order valence-electron chi connectivity index (χ2n) is 10.5. The average Bonchev–Trinajstić information content (AvgIpc) is 2.82. The van der Waals surface area contributed by atoms with Gasteiger partial charge in [-0.15, -0.1) is 0 Å². The smallest absolute Gasteiger partial charge is 0.320 e. The van der Waals surface area contributed by atoms with Gasteiger partial charge in [0.15, 0.2) is 5.82 Å². The van der Waals surface area contributed by atoms with Crippen LogP contribution in [0.4, 0.5) is 0 Å². The number of rotatable bonds is 4. The maximum Gasteiger partial charge on any atom is 0.320 e. The minimum atomic E-state index is -0.476. The third-order valence-electron chi connectivity index (χ3n) is 8.09. The zero-order valence-electron chi connectivity index (χ0n) is 19.4. The first-order valence-corrected chi connectivity index (χ1v) is 12.6. The molecule has 5 aliphatic carbocycles. The number of ether oxygens (including phenoxy) is 1. The quantitative estimate of drug-likeness (QED) is 0.661. The Kier molecular flexibility index (Phi) is 5.33. The third kappa shape index (κ3) is 3.71. The topological polar surface area (TPSA) is 68.1 Å². The number of nitrogens with zero attached hydrogens (tertiary/aromatic N) is 3. The lowest BCUT2D eigenvalue weighted by molar-refractivity contribution is 0.120. The SMILES string of the molecule is CC(C)Oc1nc(C2=CCC3C=CC4C=CCC5C=CC2C3C45)nc(C2C=CCCC2O)n1. The van der Waals surface area contributed by atoms with Crippen molar-refractivity contribution in [3.8, 4) is 6.01 Å². The van der Waals surface area contributed by atoms with E-state index in [1.807, 2.05) is 19.9 Å². The highest BCUT2D eigenvalue weighted by Crippen LogP contribution is 2.55. The Morgan fingerprint density at radius 3 is 2.58 bits per heavy atom. The van der Waals surface area contributed by atoms with Crippen LogP contribution >= 0.6 is 0 Å². The van der Waals surface area contributed by atoms with E-state index < -0.39 is 6.10 Å². The van der Waals surface area contributed by atoms with E-state index in [1.165, 1.54) is 5.57 Å². The summed E-state index contributed by atoms with van der Waals surface area (Å²) < 4.78 is 5.95. The number of aliphatic hydroxyl groups excluding tert-OH is 1. The summed E-state index contributed by atoms with van der Waals surface area (Å²) in [4.78, 5) is 14.4. The Morgan fingerprint density at radius 2 is 1.73 bits per heavy atom. The molecule has 1 aromatic rings. The van der Waals surface area contributed by atoms with Crippen molar-refractivity contribution in [2.45, 2.75) is 57.7 Å². The van der Waals surface area contributed by atoms with Crippen LogP contribution in [0, 0.1) is 35.5 Å². The monoisotopic (exact) mass is 443 g/mol. The van der Waals surface area contributed by atoms with E-state index >= 15 is 0 Å². The summed E-state index contributed by atoms with van der Waals surface area (Å²) in [6.45, 7) is 3.97. The first-order chi connectivity index (χ1) is 16.1. The summed E-state index contributed by atoms with van der Waals surface area (Å²) in [5.41, 5.74) is 1.20. The van der Waals surface area contributed by atoms with Gasteiger partial charge in [0, 0.05) is 11.5 Å². The molecule has 5 heteroatoms. The summed E-state index contributed by atoms with van der Waals surface area (Å²) >= 11 is 0. The molecule has 172 valence electrons. The van der Waals surface area contributed by atoms with E-state index in [9.17, 15) is 5.11 Å². The number of allylic oxidation sites excluding steroid dienone is 9. The van der Waals surface area contributed by atoms with Crippen molar-refractivity contribution in [3.05, 3.63) is 66.3 Å². The molecule has 0 spiro atoms. The zero-order chi connectivity index (χ0) is 22.5. The molecule has 5 aliphatic rings. The van der Waals surface area contributed by atoms with Gasteiger partial charge < -0.3 is 9.84 Å². The van der Waals surface area contributed by atoms with Gasteiger partial charge in [0.1, 0.15) is 5.82 Å². The molecule has 1 aromatic heterocycles. The number of hydrogen-bond donors (Lipinski definition) is 1. The third-order valence-corrected chi connectivity index (χ3v) is 8.09. The van der Waals surface area contributed by atoms with Crippen molar-refractivity contribution >= 4 is 5.57 Å². The molecular weight excluding hydrogens is 410 g/mol. The molecule has 1 heterocycles. The molecule has 33 heavy (non-hydrogen) atoms. The fourth-order valence-electron chi connectivity index (χ4n) is 6.66. The van der Waals surface area contributed by atoms with Crippen molar-refractivity contribution in [1.29, 1.82) is 0 Å². The van der Waals surface area contributed by atoms with Gasteiger partial charge in [-0.25, -0.2) is 4.98 Å². The van der Waals surface area contributed by atoms with Crippen LogP contribution < -0.4 is 4.74 Å². The van der Waals surface area contributed by atoms with Crippen LogP contribution in [0.3, 0.4) is 0 Å². The molecule has 6 rings (SSSR count). The van der Waals surface area contributed by atoms with E-state index in [-0.39, 0.29) is 12.0 Å². The molecule has 8 atom stereocenters. The largest absolute Gasteiger partial charge is 0.461 e. The molecule has 0 amide bonds. The van der Waals surface area contributed by atoms with E-state index in [2.05, 4.69) is 53.6 Å². The average molecular weight is 444 g/mol. The van der Waals surface area contributed by atoms with Gasteiger partial charge in [0.25, 0.3) is 0 Å². The number of aliphatic hydroxyl groups is 1. The number of aromatic nitrogens is 3. The normalized spacial score (nSPS) is 38.2. The molecule has 0 aromatic carbocycles. The van der Waals surface area contributed by atoms with Crippen LogP contribution in [0.15, 0.2) is 54.7 Å². The second-order valence-corrected chi connectivity index (χ2v) is 10.5. The molecule has 0 fully saturated rings. The Hall–Kier alpha value is -2.53. The van der Waals surface area contributed by atoms with Gasteiger partial charge in [-0.05, 0) is 69.1 Å². The van der Waals surface area contributed by atoms with Gasteiger partial charge in [-0.1, -0.05) is 54.7 Å². The highest BCUT2D eigenvalue weighted by atomic mass is 16.5. The van der Waals surface area contributed by atoms with Crippen molar-refractivity contribution in [2.24, 2.45) is 35.5 Å². The van der Waals surface area contributed by atoms with Crippen LogP contribution in [0.25, 0.3) is 5.57 Å². The minimum Gasteiger partial charge on any atom is -0.461 e. The van der Waals surface area contributed by atoms with Crippen LogP contribution in [0.1, 0.15) is 57.1 Å². The van der Waals surface area contributed by atoms with Crippen LogP contribution in [0.2, 0.25) is 0 Å². The summed E-state index contributed by atoms with van der Waals surface area (Å²) in [5.74, 6) is 4.38. The maximum atomic E-state index is 10.7. The lowest BCUT2D eigenvalue weighted by Gasteiger charge is -2.51. The van der Waals surface area contributed by atoms with Gasteiger partial charge in [-0.2, -0.15) is 9.97 Å². The van der Waals surface area contributed by atoms with Crippen molar-refractivity contribution in [2.75, 3.05) is 0 Å². The molecular formula is C28H33N3O2. The predicted molar refractivity (Wildman–Crippen MR) is 128 cm³/mol. The molecule has 0 aliphatic heterocycles. The van der Waals surface area contributed by atoms with Gasteiger partial charge in [-0.3, -0.25) is 0 Å². The Labute approximate surface area is 196 Å². The van der Waals surface area contributed by atoms with Crippen molar-refractivity contribution < 1.29 is 9.84 Å². The Morgan fingerprint density at radius 1 is 0.879 bits per heavy atom. The highest BCUT2D eigenvalue weighted by Gasteiger charge is 2.48. The van der Waals surface area contributed by atoms with E-state index in [0.717, 1.165) is 25.7 Å². The van der Waals surface area contributed by atoms with Gasteiger partial charge >= 0.3 is 6.01 Å². The fourth-order valence-corrected chi connectivity index (χ4v) is 6.66. The molecule has 5 nitrogen and oxygen atoms in total. The Balaban J connectivity index is 1.42. The minimum absolute atomic E-state index is 0.0294. The molecule has 0 bridgehead atoms. The van der Waals surface area contributed by atoms with E-state index in [4.69, 9.17) is 14.7 Å². The summed E-state index contributed by atoms with van der Waals surface area (Å²) in [5, 5.41) is 10.7. The van der Waals surface area contributed by atoms with Crippen molar-refractivity contribution in [3.63, 3.8) is 0 Å². The van der Waals surface area contributed by atoms with Crippen LogP contribution in [0.5, 0.6) is 6.01 Å². The zero-order valence-corrected chi connectivity index (χ0v) is 19.4. The molecule has 0 radical (unpaired) electrons. The first-order valence-electron chi connectivity index (χ1n) is 12.6. The number of hydrogen-bond acceptors (Lipinski definition) is 5. The summed E-state index contributed by atoms with van der Waals surface area (Å²) in [6.07, 6.45) is 24.3. The lowest BCUT2D eigenvalue weighted by atomic mass is 9.53. The van der Waals surface area contributed by atoms with Crippen molar-refractivity contribution in [1.82, 2.24) is 15.0 Å². The van der Waals surface area contributed by atoms with Crippen LogP contribution in [-0.4, -0.2) is 32.3 Å². The van der Waals surface area contributed by atoms with Gasteiger partial charge in [0.2, 0.25) is 0 Å². The van der Waals surface area contributed by atoms with E-state index in [0.29, 0.717) is 53.2 Å². The molecule has 1 N–H and O–H groups in total. The van der Waals surface area contributed by atoms with E-state index in [1.54, 1.807) is 0 Å². The van der Waals surface area contributed by atoms with Crippen LogP contribution in [-0.2, 0) is 0 Å². The molecule has 8 unspecified atom stereocenters. The maximum absolute atomic E-state index is 10.7. The first kappa shape index (κ1) is 21.0. The second kappa shape index (κ2) is 8.35. The molecule has 0 saturated carbocycles. The Bertz CT molecular complexity index is 1070. The van der Waals surface area contributed by atoms with Gasteiger partial charge in [0.05, 0.1) is 18.1 Å². The summed E-state index contributed by atoms with van der Waals surface area (Å²) in [7, 11) is 0. The lowest BCUT2D eigenvalue weighted by Crippen LogP contribution is -2.44. The molecule has 0 saturated heterocycles. The highest BCUT2D eigenvalue weighted by molar-refractivity contribution is 5.66. The summed E-state index contributed by atoms with van der Waals surface area (Å²) in [6, 6.07) is 0.360. The fraction of sp³-hybridized carbons (Fsp3) is 0.536. The predicted octanol–water partition coefficient (Wildman–Crippen LogP) is 5.04.